The average molecular weight is 371 g/mol. The number of amides is 2. The van der Waals surface area contributed by atoms with Crippen LogP contribution in [0, 0.1) is 0 Å². The number of carbonyl (C=O) groups excluding carboxylic acids is 1. The maximum atomic E-state index is 12.6. The number of aromatic nitrogens is 3. The maximum Gasteiger partial charge on any atom is 0.319 e. The first-order valence-electron chi connectivity index (χ1n) is 9.81. The number of nitrogens with one attached hydrogen (secondary N) is 2. The van der Waals surface area contributed by atoms with E-state index in [1.165, 1.54) is 19.3 Å². The second kappa shape index (κ2) is 8.99. The summed E-state index contributed by atoms with van der Waals surface area (Å²) >= 11 is 0. The van der Waals surface area contributed by atoms with E-state index in [1.807, 2.05) is 29.7 Å². The number of rotatable bonds is 6. The second-order valence-electron chi connectivity index (χ2n) is 7.50. The van der Waals surface area contributed by atoms with E-state index in [-0.39, 0.29) is 18.1 Å². The lowest BCUT2D eigenvalue weighted by molar-refractivity contribution is 0.221. The molecule has 0 spiro atoms. The van der Waals surface area contributed by atoms with Crippen LogP contribution >= 0.6 is 0 Å². The van der Waals surface area contributed by atoms with Crippen molar-refractivity contribution in [2.75, 3.05) is 18.4 Å². The quantitative estimate of drug-likeness (QED) is 0.812. The van der Waals surface area contributed by atoms with E-state index in [4.69, 9.17) is 0 Å². The molecular formula is C20H30N6O. The van der Waals surface area contributed by atoms with E-state index in [0.717, 1.165) is 36.7 Å². The average Bonchev–Trinajstić information content (AvgIpc) is 3.14. The highest BCUT2D eigenvalue weighted by atomic mass is 16.2. The number of piperidine rings is 1. The minimum atomic E-state index is -0.232. The van der Waals surface area contributed by atoms with Crippen molar-refractivity contribution in [1.82, 2.24) is 25.0 Å². The van der Waals surface area contributed by atoms with Crippen molar-refractivity contribution in [3.05, 3.63) is 42.0 Å². The van der Waals surface area contributed by atoms with Gasteiger partial charge in [-0.15, -0.1) is 10.2 Å². The number of benzene rings is 1. The molecule has 1 aromatic carbocycles. The molecule has 3 rings (SSSR count). The number of anilines is 1. The summed E-state index contributed by atoms with van der Waals surface area (Å²) in [5, 5.41) is 14.1. The van der Waals surface area contributed by atoms with E-state index in [9.17, 15) is 4.79 Å². The Morgan fingerprint density at radius 3 is 2.63 bits per heavy atom. The van der Waals surface area contributed by atoms with Gasteiger partial charge in [0.25, 0.3) is 0 Å². The van der Waals surface area contributed by atoms with Crippen LogP contribution in [0.2, 0.25) is 0 Å². The molecule has 7 heteroatoms. The third-order valence-electron chi connectivity index (χ3n) is 5.00. The Balaban J connectivity index is 1.63. The summed E-state index contributed by atoms with van der Waals surface area (Å²) in [6, 6.07) is 7.80. The molecule has 7 nitrogen and oxygen atoms in total. The molecule has 0 radical (unpaired) electrons. The van der Waals surface area contributed by atoms with E-state index in [0.29, 0.717) is 0 Å². The van der Waals surface area contributed by atoms with Gasteiger partial charge in [-0.3, -0.25) is 4.90 Å². The van der Waals surface area contributed by atoms with Crippen LogP contribution in [0.15, 0.2) is 30.6 Å². The van der Waals surface area contributed by atoms with Crippen LogP contribution in [0.3, 0.4) is 0 Å². The van der Waals surface area contributed by atoms with Crippen molar-refractivity contribution in [3.63, 3.8) is 0 Å². The summed E-state index contributed by atoms with van der Waals surface area (Å²) in [4.78, 5) is 15.0. The van der Waals surface area contributed by atoms with Gasteiger partial charge in [-0.25, -0.2) is 4.79 Å². The number of hydrogen-bond donors (Lipinski definition) is 2. The Morgan fingerprint density at radius 1 is 1.15 bits per heavy atom. The zero-order chi connectivity index (χ0) is 19.2. The molecule has 0 aliphatic carbocycles. The summed E-state index contributed by atoms with van der Waals surface area (Å²) in [5.41, 5.74) is 2.01. The molecule has 2 heterocycles. The lowest BCUT2D eigenvalue weighted by Gasteiger charge is -2.27. The van der Waals surface area contributed by atoms with Gasteiger partial charge in [-0.2, -0.15) is 0 Å². The molecular weight excluding hydrogens is 340 g/mol. The molecule has 1 aromatic heterocycles. The maximum absolute atomic E-state index is 12.6. The third-order valence-corrected chi connectivity index (χ3v) is 5.00. The molecule has 1 atom stereocenters. The first kappa shape index (κ1) is 19.4. The molecule has 0 bridgehead atoms. The zero-order valence-electron chi connectivity index (χ0n) is 16.5. The first-order chi connectivity index (χ1) is 13.0. The SMILES string of the molecule is CC(C)n1cnnc1[C@H](C)NC(=O)Nc1ccccc1CN1CCCCC1. The van der Waals surface area contributed by atoms with Crippen molar-refractivity contribution < 1.29 is 4.79 Å². The van der Waals surface area contributed by atoms with Crippen LogP contribution in [0.4, 0.5) is 10.5 Å². The van der Waals surface area contributed by atoms with Crippen molar-refractivity contribution in [2.24, 2.45) is 0 Å². The van der Waals surface area contributed by atoms with Crippen LogP contribution in [0.5, 0.6) is 0 Å². The molecule has 0 saturated carbocycles. The van der Waals surface area contributed by atoms with E-state index < -0.39 is 0 Å². The molecule has 2 aromatic rings. The van der Waals surface area contributed by atoms with Gasteiger partial charge in [0.2, 0.25) is 0 Å². The number of carbonyl (C=O) groups is 1. The number of urea groups is 1. The van der Waals surface area contributed by atoms with Gasteiger partial charge in [-0.1, -0.05) is 24.6 Å². The Morgan fingerprint density at radius 2 is 1.89 bits per heavy atom. The highest BCUT2D eigenvalue weighted by molar-refractivity contribution is 5.90. The van der Waals surface area contributed by atoms with Gasteiger partial charge in [-0.05, 0) is 58.3 Å². The van der Waals surface area contributed by atoms with Crippen molar-refractivity contribution >= 4 is 11.7 Å². The van der Waals surface area contributed by atoms with E-state index in [2.05, 4.69) is 45.6 Å². The summed E-state index contributed by atoms with van der Waals surface area (Å²) in [7, 11) is 0. The minimum absolute atomic E-state index is 0.230. The number of hydrogen-bond acceptors (Lipinski definition) is 4. The fraction of sp³-hybridized carbons (Fsp3) is 0.550. The Hall–Kier alpha value is -2.41. The number of nitrogens with zero attached hydrogens (tertiary/aromatic N) is 4. The molecule has 2 amide bonds. The van der Waals surface area contributed by atoms with Crippen molar-refractivity contribution in [1.29, 1.82) is 0 Å². The highest BCUT2D eigenvalue weighted by Gasteiger charge is 2.18. The van der Waals surface area contributed by atoms with E-state index in [1.54, 1.807) is 6.33 Å². The van der Waals surface area contributed by atoms with Crippen molar-refractivity contribution in [3.8, 4) is 0 Å². The molecule has 1 saturated heterocycles. The first-order valence-corrected chi connectivity index (χ1v) is 9.81. The van der Waals surface area contributed by atoms with Crippen LogP contribution in [-0.4, -0.2) is 38.8 Å². The van der Waals surface area contributed by atoms with E-state index >= 15 is 0 Å². The fourth-order valence-corrected chi connectivity index (χ4v) is 3.52. The molecule has 1 fully saturated rings. The summed E-state index contributed by atoms with van der Waals surface area (Å²) < 4.78 is 1.97. The topological polar surface area (TPSA) is 75.1 Å². The van der Waals surface area contributed by atoms with Crippen LogP contribution in [0.25, 0.3) is 0 Å². The number of likely N-dealkylation sites (tertiary alicyclic amines) is 1. The Kier molecular flexibility index (Phi) is 6.45. The molecule has 27 heavy (non-hydrogen) atoms. The highest BCUT2D eigenvalue weighted by Crippen LogP contribution is 2.20. The smallest absolute Gasteiger partial charge is 0.319 e. The molecule has 146 valence electrons. The predicted octanol–water partition coefficient (Wildman–Crippen LogP) is 3.73. The molecule has 1 aliphatic heterocycles. The normalized spacial score (nSPS) is 16.3. The second-order valence-corrected chi connectivity index (χ2v) is 7.50. The van der Waals surface area contributed by atoms with Crippen LogP contribution < -0.4 is 10.6 Å². The van der Waals surface area contributed by atoms with Crippen LogP contribution in [0.1, 0.15) is 63.5 Å². The molecule has 2 N–H and O–H groups in total. The standard InChI is InChI=1S/C20H30N6O/c1-15(2)26-14-21-24-19(26)16(3)22-20(27)23-18-10-6-5-9-17(18)13-25-11-7-4-8-12-25/h5-6,9-10,14-16H,4,7-8,11-13H2,1-3H3,(H2,22,23,27)/t16-/m0/s1. The molecule has 0 unspecified atom stereocenters. The van der Waals surface area contributed by atoms with Gasteiger partial charge in [0.15, 0.2) is 5.82 Å². The van der Waals surface area contributed by atoms with Gasteiger partial charge in [0, 0.05) is 18.3 Å². The van der Waals surface area contributed by atoms with Gasteiger partial charge >= 0.3 is 6.03 Å². The minimum Gasteiger partial charge on any atom is -0.328 e. The third kappa shape index (κ3) is 5.07. The lowest BCUT2D eigenvalue weighted by Crippen LogP contribution is -2.34. The fourth-order valence-electron chi connectivity index (χ4n) is 3.52. The summed E-state index contributed by atoms with van der Waals surface area (Å²) in [6.45, 7) is 9.17. The number of para-hydroxylation sites is 1. The largest absolute Gasteiger partial charge is 0.328 e. The van der Waals surface area contributed by atoms with Crippen molar-refractivity contribution in [2.45, 2.75) is 58.7 Å². The zero-order valence-corrected chi connectivity index (χ0v) is 16.5. The monoisotopic (exact) mass is 370 g/mol. The van der Waals surface area contributed by atoms with Gasteiger partial charge in [0.1, 0.15) is 6.33 Å². The summed E-state index contributed by atoms with van der Waals surface area (Å²) in [5.74, 6) is 0.752. The Bertz CT molecular complexity index is 750. The van der Waals surface area contributed by atoms with Gasteiger partial charge in [0.05, 0.1) is 6.04 Å². The van der Waals surface area contributed by atoms with Crippen LogP contribution in [-0.2, 0) is 6.54 Å². The van der Waals surface area contributed by atoms with Gasteiger partial charge < -0.3 is 15.2 Å². The molecule has 1 aliphatic rings. The lowest BCUT2D eigenvalue weighted by atomic mass is 10.1. The predicted molar refractivity (Wildman–Crippen MR) is 107 cm³/mol. The Labute approximate surface area is 161 Å². The summed E-state index contributed by atoms with van der Waals surface area (Å²) in [6.07, 6.45) is 5.52.